The average molecular weight is 211 g/mol. The zero-order valence-electron chi connectivity index (χ0n) is 8.94. The Morgan fingerprint density at radius 1 is 1.60 bits per heavy atom. The minimum absolute atomic E-state index is 0.255. The van der Waals surface area contributed by atoms with Crippen LogP contribution >= 0.6 is 0 Å². The van der Waals surface area contributed by atoms with Crippen molar-refractivity contribution in [2.24, 2.45) is 7.05 Å². The molecular weight excluding hydrogens is 194 g/mol. The second-order valence-corrected chi connectivity index (χ2v) is 3.51. The van der Waals surface area contributed by atoms with Gasteiger partial charge in [-0.15, -0.1) is 0 Å². The van der Waals surface area contributed by atoms with Gasteiger partial charge in [0.05, 0.1) is 5.69 Å². The fraction of sp³-hybridized carbons (Fsp3) is 0.600. The Bertz CT molecular complexity index is 309. The van der Waals surface area contributed by atoms with Crippen LogP contribution in [0.4, 0.5) is 0 Å². The zero-order chi connectivity index (χ0) is 11.1. The number of unbranched alkanes of at least 4 members (excludes halogenated alkanes) is 1. The summed E-state index contributed by atoms with van der Waals surface area (Å²) in [4.78, 5) is 10.2. The Kier molecular flexibility index (Phi) is 4.83. The lowest BCUT2D eigenvalue weighted by atomic mass is 10.2. The summed E-state index contributed by atoms with van der Waals surface area (Å²) in [6.45, 7) is 1.58. The van der Waals surface area contributed by atoms with Crippen molar-refractivity contribution < 1.29 is 9.90 Å². The summed E-state index contributed by atoms with van der Waals surface area (Å²) in [5.41, 5.74) is 1.01. The standard InChI is InChI=1S/C10H17N3O2/c1-13-7-5-9(12-13)8-11-6-3-2-4-10(14)15/h5,7,11H,2-4,6,8H2,1H3,(H,14,15). The summed E-state index contributed by atoms with van der Waals surface area (Å²) in [7, 11) is 1.89. The largest absolute Gasteiger partial charge is 0.481 e. The van der Waals surface area contributed by atoms with Crippen LogP contribution in [-0.2, 0) is 18.4 Å². The highest BCUT2D eigenvalue weighted by Crippen LogP contribution is 1.95. The summed E-state index contributed by atoms with van der Waals surface area (Å²) in [6.07, 6.45) is 3.77. The highest BCUT2D eigenvalue weighted by atomic mass is 16.4. The number of carboxylic acids is 1. The number of aliphatic carboxylic acids is 1. The van der Waals surface area contributed by atoms with Crippen molar-refractivity contribution in [2.75, 3.05) is 6.54 Å². The van der Waals surface area contributed by atoms with E-state index in [1.807, 2.05) is 19.3 Å². The average Bonchev–Trinajstić information content (AvgIpc) is 2.57. The first-order valence-corrected chi connectivity index (χ1v) is 5.09. The minimum atomic E-state index is -0.722. The topological polar surface area (TPSA) is 67.2 Å². The molecule has 0 aliphatic carbocycles. The molecule has 0 amide bonds. The molecule has 0 saturated heterocycles. The summed E-state index contributed by atoms with van der Waals surface area (Å²) >= 11 is 0. The van der Waals surface area contributed by atoms with Crippen molar-refractivity contribution in [3.8, 4) is 0 Å². The number of aryl methyl sites for hydroxylation is 1. The highest BCUT2D eigenvalue weighted by Gasteiger charge is 1.97. The van der Waals surface area contributed by atoms with Gasteiger partial charge in [-0.2, -0.15) is 5.10 Å². The maximum atomic E-state index is 10.2. The van der Waals surface area contributed by atoms with E-state index in [9.17, 15) is 4.79 Å². The van der Waals surface area contributed by atoms with E-state index in [1.54, 1.807) is 4.68 Å². The van der Waals surface area contributed by atoms with Gasteiger partial charge in [0.1, 0.15) is 0 Å². The SMILES string of the molecule is Cn1ccc(CNCCCCC(=O)O)n1. The van der Waals surface area contributed by atoms with Crippen molar-refractivity contribution in [3.63, 3.8) is 0 Å². The third kappa shape index (κ3) is 5.17. The molecule has 0 bridgehead atoms. The maximum absolute atomic E-state index is 10.2. The zero-order valence-corrected chi connectivity index (χ0v) is 8.94. The van der Waals surface area contributed by atoms with Gasteiger partial charge in [0.2, 0.25) is 0 Å². The van der Waals surface area contributed by atoms with Crippen molar-refractivity contribution in [1.82, 2.24) is 15.1 Å². The normalized spacial score (nSPS) is 10.5. The van der Waals surface area contributed by atoms with Gasteiger partial charge in [-0.05, 0) is 25.5 Å². The van der Waals surface area contributed by atoms with Gasteiger partial charge < -0.3 is 10.4 Å². The molecule has 1 rings (SSSR count). The molecule has 0 saturated carbocycles. The van der Waals surface area contributed by atoms with Crippen LogP contribution < -0.4 is 5.32 Å². The first-order chi connectivity index (χ1) is 7.18. The number of nitrogens with one attached hydrogen (secondary N) is 1. The minimum Gasteiger partial charge on any atom is -0.481 e. The number of rotatable bonds is 7. The van der Waals surface area contributed by atoms with Crippen molar-refractivity contribution in [1.29, 1.82) is 0 Å². The molecule has 5 nitrogen and oxygen atoms in total. The molecule has 0 atom stereocenters. The molecule has 5 heteroatoms. The predicted octanol–water partition coefficient (Wildman–Crippen LogP) is 0.765. The van der Waals surface area contributed by atoms with Gasteiger partial charge in [0, 0.05) is 26.2 Å². The van der Waals surface area contributed by atoms with Gasteiger partial charge in [0.25, 0.3) is 0 Å². The van der Waals surface area contributed by atoms with Crippen LogP contribution in [0.15, 0.2) is 12.3 Å². The van der Waals surface area contributed by atoms with Crippen LogP contribution in [0.3, 0.4) is 0 Å². The van der Waals surface area contributed by atoms with E-state index < -0.39 is 5.97 Å². The molecule has 0 aliphatic heterocycles. The fourth-order valence-corrected chi connectivity index (χ4v) is 1.30. The molecule has 15 heavy (non-hydrogen) atoms. The van der Waals surface area contributed by atoms with E-state index in [0.29, 0.717) is 0 Å². The second kappa shape index (κ2) is 6.19. The van der Waals surface area contributed by atoms with E-state index in [1.165, 1.54) is 0 Å². The van der Waals surface area contributed by atoms with Gasteiger partial charge in [-0.1, -0.05) is 0 Å². The smallest absolute Gasteiger partial charge is 0.303 e. The lowest BCUT2D eigenvalue weighted by molar-refractivity contribution is -0.137. The summed E-state index contributed by atoms with van der Waals surface area (Å²) < 4.78 is 1.77. The third-order valence-electron chi connectivity index (χ3n) is 2.07. The molecule has 0 radical (unpaired) electrons. The predicted molar refractivity (Wildman–Crippen MR) is 56.4 cm³/mol. The van der Waals surface area contributed by atoms with Crippen LogP contribution in [0.1, 0.15) is 25.0 Å². The highest BCUT2D eigenvalue weighted by molar-refractivity contribution is 5.66. The van der Waals surface area contributed by atoms with E-state index in [2.05, 4.69) is 10.4 Å². The number of nitrogens with zero attached hydrogens (tertiary/aromatic N) is 2. The summed E-state index contributed by atoms with van der Waals surface area (Å²) in [5.74, 6) is -0.722. The second-order valence-electron chi connectivity index (χ2n) is 3.51. The molecule has 0 unspecified atom stereocenters. The molecule has 2 N–H and O–H groups in total. The van der Waals surface area contributed by atoms with Crippen LogP contribution in [0.5, 0.6) is 0 Å². The Balaban J connectivity index is 2.00. The first kappa shape index (κ1) is 11.7. The van der Waals surface area contributed by atoms with Crippen LogP contribution in [0, 0.1) is 0 Å². The van der Waals surface area contributed by atoms with Gasteiger partial charge in [-0.25, -0.2) is 0 Å². The molecule has 0 fully saturated rings. The van der Waals surface area contributed by atoms with E-state index in [4.69, 9.17) is 5.11 Å². The fourth-order valence-electron chi connectivity index (χ4n) is 1.30. The first-order valence-electron chi connectivity index (χ1n) is 5.09. The number of hydrogen-bond acceptors (Lipinski definition) is 3. The van der Waals surface area contributed by atoms with Crippen LogP contribution in [0.2, 0.25) is 0 Å². The van der Waals surface area contributed by atoms with Gasteiger partial charge in [-0.3, -0.25) is 9.48 Å². The molecule has 0 aromatic carbocycles. The number of carbonyl (C=O) groups is 1. The van der Waals surface area contributed by atoms with Crippen molar-refractivity contribution >= 4 is 5.97 Å². The molecule has 1 aromatic heterocycles. The molecule has 0 aliphatic rings. The number of aromatic nitrogens is 2. The Morgan fingerprint density at radius 2 is 2.40 bits per heavy atom. The lowest BCUT2D eigenvalue weighted by Crippen LogP contribution is -2.15. The van der Waals surface area contributed by atoms with Crippen LogP contribution in [-0.4, -0.2) is 27.4 Å². The number of hydrogen-bond donors (Lipinski definition) is 2. The van der Waals surface area contributed by atoms with Crippen molar-refractivity contribution in [2.45, 2.75) is 25.8 Å². The molecular formula is C10H17N3O2. The lowest BCUT2D eigenvalue weighted by Gasteiger charge is -2.01. The molecule has 1 aromatic rings. The van der Waals surface area contributed by atoms with E-state index in [0.717, 1.165) is 31.6 Å². The van der Waals surface area contributed by atoms with E-state index >= 15 is 0 Å². The molecule has 84 valence electrons. The van der Waals surface area contributed by atoms with Gasteiger partial charge in [0.15, 0.2) is 0 Å². The quantitative estimate of drug-likeness (QED) is 0.653. The Labute approximate surface area is 89.1 Å². The van der Waals surface area contributed by atoms with Crippen LogP contribution in [0.25, 0.3) is 0 Å². The third-order valence-corrected chi connectivity index (χ3v) is 2.07. The molecule has 0 spiro atoms. The monoisotopic (exact) mass is 211 g/mol. The maximum Gasteiger partial charge on any atom is 0.303 e. The Morgan fingerprint density at radius 3 is 3.00 bits per heavy atom. The summed E-state index contributed by atoms with van der Waals surface area (Å²) in [5, 5.41) is 15.9. The van der Waals surface area contributed by atoms with Crippen molar-refractivity contribution in [3.05, 3.63) is 18.0 Å². The molecule has 1 heterocycles. The Hall–Kier alpha value is -1.36. The number of carboxylic acid groups (broad SMARTS) is 1. The van der Waals surface area contributed by atoms with Gasteiger partial charge >= 0.3 is 5.97 Å². The summed E-state index contributed by atoms with van der Waals surface area (Å²) in [6, 6.07) is 1.96. The van der Waals surface area contributed by atoms with E-state index in [-0.39, 0.29) is 6.42 Å².